The molecule has 2 aliphatic heterocycles. The SMILES string of the molecule is COc1ccc2[nH]c(C(=O)N3CC(CCl)c4c3ccc3[nH]c(C5OC(C)O5)cc43)cc2c1. The number of benzene rings is 2. The largest absolute Gasteiger partial charge is 0.497 e. The summed E-state index contributed by atoms with van der Waals surface area (Å²) in [4.78, 5) is 21.9. The van der Waals surface area contributed by atoms with Crippen molar-refractivity contribution in [3.63, 3.8) is 0 Å². The van der Waals surface area contributed by atoms with Crippen LogP contribution in [-0.2, 0) is 9.47 Å². The van der Waals surface area contributed by atoms with Gasteiger partial charge in [-0.1, -0.05) is 0 Å². The fraction of sp³-hybridized carbons (Fsp3) is 0.292. The van der Waals surface area contributed by atoms with Gasteiger partial charge in [-0.05, 0) is 55.0 Å². The fourth-order valence-corrected chi connectivity index (χ4v) is 5.01. The summed E-state index contributed by atoms with van der Waals surface area (Å²) in [6.07, 6.45) is -0.581. The van der Waals surface area contributed by atoms with Gasteiger partial charge in [-0.2, -0.15) is 0 Å². The number of hydrogen-bond donors (Lipinski definition) is 2. The van der Waals surface area contributed by atoms with Gasteiger partial charge in [0.05, 0.1) is 12.8 Å². The first-order valence-corrected chi connectivity index (χ1v) is 11.1. The molecule has 0 bridgehead atoms. The summed E-state index contributed by atoms with van der Waals surface area (Å²) in [5, 5.41) is 1.98. The first-order chi connectivity index (χ1) is 15.6. The quantitative estimate of drug-likeness (QED) is 0.426. The molecular formula is C24H22ClN3O4. The molecule has 2 aromatic heterocycles. The van der Waals surface area contributed by atoms with Gasteiger partial charge in [0.15, 0.2) is 6.29 Å². The second-order valence-electron chi connectivity index (χ2n) is 8.26. The molecule has 2 N–H and O–H groups in total. The third-order valence-corrected chi connectivity index (χ3v) is 6.69. The third kappa shape index (κ3) is 2.92. The Morgan fingerprint density at radius 1 is 1.16 bits per heavy atom. The molecule has 0 aliphatic carbocycles. The number of fused-ring (bicyclic) bond motifs is 4. The topological polar surface area (TPSA) is 79.6 Å². The van der Waals surface area contributed by atoms with E-state index in [-0.39, 0.29) is 24.4 Å². The van der Waals surface area contributed by atoms with Crippen LogP contribution < -0.4 is 9.64 Å². The number of nitrogens with zero attached hydrogens (tertiary/aromatic N) is 1. The van der Waals surface area contributed by atoms with Crippen LogP contribution in [0.2, 0.25) is 0 Å². The molecule has 32 heavy (non-hydrogen) atoms. The van der Waals surface area contributed by atoms with Crippen molar-refractivity contribution in [3.8, 4) is 5.75 Å². The number of halogens is 1. The zero-order valence-corrected chi connectivity index (χ0v) is 18.4. The molecule has 1 atom stereocenters. The number of nitrogens with one attached hydrogen (secondary N) is 2. The highest BCUT2D eigenvalue weighted by atomic mass is 35.5. The molecule has 4 aromatic rings. The number of methoxy groups -OCH3 is 1. The van der Waals surface area contributed by atoms with Crippen LogP contribution in [0.4, 0.5) is 5.69 Å². The highest BCUT2D eigenvalue weighted by molar-refractivity contribution is 6.19. The summed E-state index contributed by atoms with van der Waals surface area (Å²) in [6, 6.07) is 13.6. The molecule has 1 saturated heterocycles. The minimum Gasteiger partial charge on any atom is -0.497 e. The minimum atomic E-state index is -0.384. The minimum absolute atomic E-state index is 0.0367. The monoisotopic (exact) mass is 451 g/mol. The Labute approximate surface area is 189 Å². The fourth-order valence-electron chi connectivity index (χ4n) is 4.76. The number of alkyl halides is 1. The Hall–Kier alpha value is -3.00. The predicted octanol–water partition coefficient (Wildman–Crippen LogP) is 5.03. The van der Waals surface area contributed by atoms with Gasteiger partial charge < -0.3 is 29.1 Å². The normalized spacial score (nSPS) is 22.3. The van der Waals surface area contributed by atoms with Crippen molar-refractivity contribution < 1.29 is 19.0 Å². The van der Waals surface area contributed by atoms with Crippen LogP contribution in [0.1, 0.15) is 40.9 Å². The molecule has 0 saturated carbocycles. The van der Waals surface area contributed by atoms with Crippen LogP contribution in [0, 0.1) is 0 Å². The summed E-state index contributed by atoms with van der Waals surface area (Å²) >= 11 is 6.36. The Morgan fingerprint density at radius 2 is 1.97 bits per heavy atom. The number of aromatic nitrogens is 2. The molecule has 4 heterocycles. The molecule has 8 heteroatoms. The Balaban J connectivity index is 1.39. The average molecular weight is 452 g/mol. The molecule has 2 aromatic carbocycles. The number of anilines is 1. The van der Waals surface area contributed by atoms with Crippen molar-refractivity contribution in [1.82, 2.24) is 9.97 Å². The van der Waals surface area contributed by atoms with Crippen molar-refractivity contribution >= 4 is 45.0 Å². The van der Waals surface area contributed by atoms with Crippen molar-refractivity contribution in [2.75, 3.05) is 24.4 Å². The smallest absolute Gasteiger partial charge is 0.274 e. The number of hydrogen-bond acceptors (Lipinski definition) is 4. The van der Waals surface area contributed by atoms with Gasteiger partial charge in [0.25, 0.3) is 5.91 Å². The van der Waals surface area contributed by atoms with Gasteiger partial charge in [0.1, 0.15) is 11.4 Å². The van der Waals surface area contributed by atoms with E-state index in [0.717, 1.165) is 44.5 Å². The number of carbonyl (C=O) groups excluding carboxylic acids is 1. The van der Waals surface area contributed by atoms with Crippen molar-refractivity contribution in [2.45, 2.75) is 25.4 Å². The Morgan fingerprint density at radius 3 is 2.72 bits per heavy atom. The molecular weight excluding hydrogens is 430 g/mol. The molecule has 1 unspecified atom stereocenters. The lowest BCUT2D eigenvalue weighted by Crippen LogP contribution is -2.31. The first-order valence-electron chi connectivity index (χ1n) is 10.6. The van der Waals surface area contributed by atoms with E-state index in [2.05, 4.69) is 9.97 Å². The lowest BCUT2D eigenvalue weighted by Gasteiger charge is -2.32. The summed E-state index contributed by atoms with van der Waals surface area (Å²) < 4.78 is 16.6. The van der Waals surface area contributed by atoms with Gasteiger partial charge >= 0.3 is 0 Å². The van der Waals surface area contributed by atoms with Gasteiger partial charge in [-0.15, -0.1) is 11.6 Å². The van der Waals surface area contributed by atoms with E-state index < -0.39 is 0 Å². The molecule has 1 fully saturated rings. The molecule has 0 radical (unpaired) electrons. The van der Waals surface area contributed by atoms with Crippen molar-refractivity contribution in [1.29, 1.82) is 0 Å². The number of ether oxygens (including phenoxy) is 3. The Kier molecular flexibility index (Phi) is 4.47. The van der Waals surface area contributed by atoms with Gasteiger partial charge in [0, 0.05) is 45.8 Å². The van der Waals surface area contributed by atoms with E-state index in [1.165, 1.54) is 0 Å². The zero-order chi connectivity index (χ0) is 22.0. The molecule has 7 nitrogen and oxygen atoms in total. The highest BCUT2D eigenvalue weighted by Gasteiger charge is 2.36. The van der Waals surface area contributed by atoms with E-state index in [1.807, 2.05) is 54.3 Å². The average Bonchev–Trinajstić information content (AvgIpc) is 3.49. The molecule has 164 valence electrons. The first kappa shape index (κ1) is 19.7. The molecule has 0 spiro atoms. The summed E-state index contributed by atoms with van der Waals surface area (Å²) in [6.45, 7) is 2.40. The lowest BCUT2D eigenvalue weighted by atomic mass is 9.99. The summed E-state index contributed by atoms with van der Waals surface area (Å²) in [5.41, 5.74) is 5.25. The summed E-state index contributed by atoms with van der Waals surface area (Å²) in [7, 11) is 1.63. The maximum absolute atomic E-state index is 13.5. The predicted molar refractivity (Wildman–Crippen MR) is 123 cm³/mol. The van der Waals surface area contributed by atoms with E-state index in [4.69, 9.17) is 25.8 Å². The Bertz CT molecular complexity index is 1350. The van der Waals surface area contributed by atoms with E-state index in [9.17, 15) is 4.79 Å². The number of rotatable bonds is 4. The van der Waals surface area contributed by atoms with Crippen LogP contribution in [0.25, 0.3) is 21.8 Å². The maximum Gasteiger partial charge on any atom is 0.274 e. The van der Waals surface area contributed by atoms with Crippen LogP contribution in [0.3, 0.4) is 0 Å². The van der Waals surface area contributed by atoms with Gasteiger partial charge in [0.2, 0.25) is 6.29 Å². The van der Waals surface area contributed by atoms with E-state index in [0.29, 0.717) is 18.1 Å². The van der Waals surface area contributed by atoms with Crippen molar-refractivity contribution in [3.05, 3.63) is 59.4 Å². The second kappa shape index (κ2) is 7.27. The highest BCUT2D eigenvalue weighted by Crippen LogP contribution is 2.44. The number of H-pyrrole nitrogens is 2. The van der Waals surface area contributed by atoms with Gasteiger partial charge in [-0.25, -0.2) is 0 Å². The van der Waals surface area contributed by atoms with E-state index in [1.54, 1.807) is 7.11 Å². The number of aromatic amines is 2. The zero-order valence-electron chi connectivity index (χ0n) is 17.6. The van der Waals surface area contributed by atoms with Crippen LogP contribution in [0.15, 0.2) is 42.5 Å². The van der Waals surface area contributed by atoms with Crippen LogP contribution in [-0.4, -0.2) is 41.7 Å². The summed E-state index contributed by atoms with van der Waals surface area (Å²) in [5.74, 6) is 1.13. The number of carbonyl (C=O) groups is 1. The lowest BCUT2D eigenvalue weighted by molar-refractivity contribution is -0.383. The van der Waals surface area contributed by atoms with Crippen LogP contribution >= 0.6 is 11.6 Å². The molecule has 6 rings (SSSR count). The van der Waals surface area contributed by atoms with E-state index >= 15 is 0 Å². The van der Waals surface area contributed by atoms with Gasteiger partial charge in [-0.3, -0.25) is 4.79 Å². The maximum atomic E-state index is 13.5. The van der Waals surface area contributed by atoms with Crippen LogP contribution in [0.5, 0.6) is 5.75 Å². The molecule has 1 amide bonds. The standard InChI is InChI=1S/C24H22ClN3O4/c1-12-31-24(32-12)20-9-16-18(27-20)5-6-21-22(16)14(10-25)11-28(21)23(29)19-8-13-7-15(30-2)3-4-17(13)26-19/h3-9,12,14,24,26-27H,10-11H2,1-2H3. The van der Waals surface area contributed by atoms with Crippen molar-refractivity contribution in [2.24, 2.45) is 0 Å². The second-order valence-corrected chi connectivity index (χ2v) is 8.57. The molecule has 2 aliphatic rings. The number of amides is 1. The third-order valence-electron chi connectivity index (χ3n) is 6.32.